The van der Waals surface area contributed by atoms with Crippen LogP contribution in [-0.2, 0) is 0 Å². The molecule has 0 spiro atoms. The van der Waals surface area contributed by atoms with Crippen LogP contribution in [0.1, 0.15) is 10.4 Å². The second-order valence-electron chi connectivity index (χ2n) is 3.84. The summed E-state index contributed by atoms with van der Waals surface area (Å²) in [4.78, 5) is 13.8. The predicted octanol–water partition coefficient (Wildman–Crippen LogP) is 4.52. The minimum Gasteiger partial charge on any atom is -0.455 e. The maximum atomic E-state index is 11.9. The first-order valence-electron chi connectivity index (χ1n) is 5.46. The Hall–Kier alpha value is -1.26. The number of benzene rings is 2. The number of carbonyl (C=O) groups excluding carboxylic acids is 1. The van der Waals surface area contributed by atoms with Gasteiger partial charge in [-0.15, -0.1) is 0 Å². The Labute approximate surface area is 117 Å². The van der Waals surface area contributed by atoms with Crippen LogP contribution in [0.25, 0.3) is 0 Å². The summed E-state index contributed by atoms with van der Waals surface area (Å²) < 4.78 is 5.82. The Kier molecular flexibility index (Phi) is 3.14. The highest BCUT2D eigenvalue weighted by molar-refractivity contribution is 9.09. The van der Waals surface area contributed by atoms with Gasteiger partial charge in [0.2, 0.25) is 0 Å². The van der Waals surface area contributed by atoms with Crippen LogP contribution in [0.4, 0.5) is 0 Å². The van der Waals surface area contributed by atoms with Crippen LogP contribution in [-0.4, -0.2) is 11.1 Å². The Morgan fingerprint density at radius 1 is 1.11 bits per heavy atom. The maximum Gasteiger partial charge on any atom is 0.174 e. The average Bonchev–Trinajstić information content (AvgIpc) is 2.43. The van der Waals surface area contributed by atoms with E-state index in [4.69, 9.17) is 4.74 Å². The van der Waals surface area contributed by atoms with E-state index in [-0.39, 0.29) is 5.78 Å². The van der Waals surface area contributed by atoms with Gasteiger partial charge < -0.3 is 4.74 Å². The minimum atomic E-state index is 0.0716. The molecule has 2 aromatic rings. The largest absolute Gasteiger partial charge is 0.455 e. The highest BCUT2D eigenvalue weighted by Gasteiger charge is 2.22. The second kappa shape index (κ2) is 4.78. The molecule has 0 saturated heterocycles. The van der Waals surface area contributed by atoms with E-state index in [0.29, 0.717) is 10.9 Å². The first kappa shape index (κ1) is 11.8. The van der Waals surface area contributed by atoms with Crippen molar-refractivity contribution in [2.24, 2.45) is 0 Å². The number of hydrogen-bond donors (Lipinski definition) is 0. The number of fused-ring (bicyclic) bond motifs is 2. The molecule has 4 heteroatoms. The molecule has 0 N–H and O–H groups in total. The lowest BCUT2D eigenvalue weighted by Crippen LogP contribution is -2.05. The summed E-state index contributed by atoms with van der Waals surface area (Å²) in [5.74, 6) is 1.67. The number of Topliss-reactive ketones (excluding diaryl/α,β-unsaturated/α-hetero) is 1. The third kappa shape index (κ3) is 1.95. The molecule has 1 aliphatic heterocycles. The molecular weight excluding hydrogens is 312 g/mol. The quantitative estimate of drug-likeness (QED) is 0.513. The van der Waals surface area contributed by atoms with Crippen LogP contribution in [0, 0.1) is 0 Å². The molecule has 2 nitrogen and oxygen atoms in total. The van der Waals surface area contributed by atoms with Gasteiger partial charge in [0.25, 0.3) is 0 Å². The van der Waals surface area contributed by atoms with Crippen LogP contribution in [0.3, 0.4) is 0 Å². The normalized spacial score (nSPS) is 12.3. The Morgan fingerprint density at radius 3 is 2.72 bits per heavy atom. The van der Waals surface area contributed by atoms with Gasteiger partial charge in [0, 0.05) is 5.56 Å². The molecule has 18 heavy (non-hydrogen) atoms. The lowest BCUT2D eigenvalue weighted by Gasteiger charge is -2.21. The van der Waals surface area contributed by atoms with Crippen molar-refractivity contribution in [3.8, 4) is 11.5 Å². The van der Waals surface area contributed by atoms with Gasteiger partial charge in [0.05, 0.1) is 15.1 Å². The van der Waals surface area contributed by atoms with Crippen LogP contribution >= 0.6 is 27.7 Å². The van der Waals surface area contributed by atoms with E-state index in [1.807, 2.05) is 42.5 Å². The third-order valence-electron chi connectivity index (χ3n) is 2.68. The van der Waals surface area contributed by atoms with E-state index in [9.17, 15) is 4.79 Å². The van der Waals surface area contributed by atoms with Crippen LogP contribution < -0.4 is 4.74 Å². The molecule has 2 aromatic carbocycles. The number of ether oxygens (including phenoxy) is 1. The van der Waals surface area contributed by atoms with Gasteiger partial charge >= 0.3 is 0 Å². The predicted molar refractivity (Wildman–Crippen MR) is 75.2 cm³/mol. The number of para-hydroxylation sites is 1. The number of halogens is 1. The Balaban J connectivity index is 2.10. The summed E-state index contributed by atoms with van der Waals surface area (Å²) in [6.07, 6.45) is 0. The highest BCUT2D eigenvalue weighted by atomic mass is 79.9. The fourth-order valence-corrected chi connectivity index (χ4v) is 3.22. The van der Waals surface area contributed by atoms with Gasteiger partial charge in [-0.05, 0) is 24.3 Å². The first-order chi connectivity index (χ1) is 8.79. The third-order valence-corrected chi connectivity index (χ3v) is 4.37. The second-order valence-corrected chi connectivity index (χ2v) is 5.45. The van der Waals surface area contributed by atoms with Gasteiger partial charge in [-0.25, -0.2) is 0 Å². The van der Waals surface area contributed by atoms with Crippen LogP contribution in [0.15, 0.2) is 52.3 Å². The summed E-state index contributed by atoms with van der Waals surface area (Å²) in [5.41, 5.74) is 0.712. The molecule has 90 valence electrons. The van der Waals surface area contributed by atoms with Crippen molar-refractivity contribution >= 4 is 33.5 Å². The van der Waals surface area contributed by atoms with E-state index in [1.165, 1.54) is 0 Å². The van der Waals surface area contributed by atoms with Gasteiger partial charge in [-0.2, -0.15) is 0 Å². The van der Waals surface area contributed by atoms with E-state index in [1.54, 1.807) is 11.8 Å². The van der Waals surface area contributed by atoms with Crippen molar-refractivity contribution in [1.82, 2.24) is 0 Å². The molecular formula is C14H9BrO2S. The molecule has 1 aliphatic rings. The van der Waals surface area contributed by atoms with Crippen LogP contribution in [0.2, 0.25) is 0 Å². The number of ketones is 1. The number of hydrogen-bond acceptors (Lipinski definition) is 3. The smallest absolute Gasteiger partial charge is 0.174 e. The maximum absolute atomic E-state index is 11.9. The van der Waals surface area contributed by atoms with Crippen molar-refractivity contribution in [2.75, 3.05) is 5.33 Å². The topological polar surface area (TPSA) is 26.3 Å². The first-order valence-corrected chi connectivity index (χ1v) is 7.40. The summed E-state index contributed by atoms with van der Waals surface area (Å²) >= 11 is 4.80. The van der Waals surface area contributed by atoms with E-state index in [0.717, 1.165) is 21.3 Å². The average molecular weight is 321 g/mol. The van der Waals surface area contributed by atoms with Crippen molar-refractivity contribution in [3.63, 3.8) is 0 Å². The molecule has 0 radical (unpaired) electrons. The minimum absolute atomic E-state index is 0.0716. The zero-order valence-corrected chi connectivity index (χ0v) is 11.8. The molecule has 0 unspecified atom stereocenters. The molecule has 0 amide bonds. The Morgan fingerprint density at radius 2 is 1.89 bits per heavy atom. The van der Waals surface area contributed by atoms with Gasteiger partial charge in [0.15, 0.2) is 5.78 Å². The lowest BCUT2D eigenvalue weighted by molar-refractivity contribution is 0.102. The van der Waals surface area contributed by atoms with Gasteiger partial charge in [-0.3, -0.25) is 4.79 Å². The zero-order chi connectivity index (χ0) is 12.5. The summed E-state index contributed by atoms with van der Waals surface area (Å²) in [5, 5.41) is 0.325. The molecule has 0 aliphatic carbocycles. The molecule has 0 fully saturated rings. The van der Waals surface area contributed by atoms with E-state index >= 15 is 0 Å². The fourth-order valence-electron chi connectivity index (χ4n) is 1.84. The Bertz CT molecular complexity index is 625. The summed E-state index contributed by atoms with van der Waals surface area (Å²) in [6.45, 7) is 0. The molecule has 0 saturated carbocycles. The zero-order valence-electron chi connectivity index (χ0n) is 9.35. The number of rotatable bonds is 2. The molecule has 1 heterocycles. The molecule has 0 aromatic heterocycles. The van der Waals surface area contributed by atoms with E-state index in [2.05, 4.69) is 15.9 Å². The van der Waals surface area contributed by atoms with E-state index < -0.39 is 0 Å². The summed E-state index contributed by atoms with van der Waals surface area (Å²) in [6, 6.07) is 13.4. The highest BCUT2D eigenvalue weighted by Crippen LogP contribution is 2.48. The van der Waals surface area contributed by atoms with Crippen molar-refractivity contribution in [1.29, 1.82) is 0 Å². The van der Waals surface area contributed by atoms with Crippen molar-refractivity contribution in [3.05, 3.63) is 48.0 Å². The van der Waals surface area contributed by atoms with Gasteiger partial charge in [-0.1, -0.05) is 45.9 Å². The SMILES string of the molecule is O=C(CBr)c1cccc2c1Sc1ccccc1O2. The fraction of sp³-hybridized carbons (Fsp3) is 0.0714. The molecule has 0 atom stereocenters. The van der Waals surface area contributed by atoms with Crippen molar-refractivity contribution in [2.45, 2.75) is 9.79 Å². The van der Waals surface area contributed by atoms with Gasteiger partial charge in [0.1, 0.15) is 11.5 Å². The number of alkyl halides is 1. The monoisotopic (exact) mass is 320 g/mol. The molecule has 3 rings (SSSR count). The standard InChI is InChI=1S/C14H9BrO2S/c15-8-10(16)9-4-3-6-12-14(9)18-13-7-2-1-5-11(13)17-12/h1-7H,8H2. The summed E-state index contributed by atoms with van der Waals surface area (Å²) in [7, 11) is 0. The number of carbonyl (C=O) groups is 1. The molecule has 0 bridgehead atoms. The van der Waals surface area contributed by atoms with Crippen molar-refractivity contribution < 1.29 is 9.53 Å². The van der Waals surface area contributed by atoms with Crippen LogP contribution in [0.5, 0.6) is 11.5 Å². The lowest BCUT2D eigenvalue weighted by atomic mass is 10.1.